The zero-order valence-corrected chi connectivity index (χ0v) is 10.2. The molecular weight excluding hydrogens is 258 g/mol. The van der Waals surface area contributed by atoms with Gasteiger partial charge in [0.1, 0.15) is 4.47 Å². The highest BCUT2D eigenvalue weighted by atomic mass is 79.9. The Labute approximate surface area is 96.8 Å². The molecule has 1 aliphatic rings. The number of nitrogens with one attached hydrogen (secondary N) is 1. The van der Waals surface area contributed by atoms with Gasteiger partial charge in [-0.1, -0.05) is 0 Å². The molecule has 0 aliphatic heterocycles. The van der Waals surface area contributed by atoms with E-state index >= 15 is 0 Å². The van der Waals surface area contributed by atoms with Crippen LogP contribution in [0.15, 0.2) is 15.5 Å². The topological polar surface area (TPSA) is 46.9 Å². The van der Waals surface area contributed by atoms with Crippen LogP contribution in [0.2, 0.25) is 0 Å². The molecule has 1 aliphatic carbocycles. The number of rotatable bonds is 3. The lowest BCUT2D eigenvalue weighted by Crippen LogP contribution is -2.30. The van der Waals surface area contributed by atoms with E-state index in [1.54, 1.807) is 6.20 Å². The maximum Gasteiger partial charge on any atom is 0.283 e. The van der Waals surface area contributed by atoms with Crippen molar-refractivity contribution in [2.75, 3.05) is 5.32 Å². The van der Waals surface area contributed by atoms with Gasteiger partial charge in [0.15, 0.2) is 0 Å². The van der Waals surface area contributed by atoms with Gasteiger partial charge in [0, 0.05) is 12.6 Å². The molecule has 1 heterocycles. The van der Waals surface area contributed by atoms with Crippen LogP contribution in [0.4, 0.5) is 5.69 Å². The Bertz CT molecular complexity index is 412. The fraction of sp³-hybridized carbons (Fsp3) is 0.600. The Morgan fingerprint density at radius 2 is 2.40 bits per heavy atom. The molecule has 1 aromatic heterocycles. The summed E-state index contributed by atoms with van der Waals surface area (Å²) in [5, 5.41) is 7.40. The van der Waals surface area contributed by atoms with Crippen LogP contribution in [0.5, 0.6) is 0 Å². The fourth-order valence-electron chi connectivity index (χ4n) is 1.56. The molecule has 0 bridgehead atoms. The Kier molecular flexibility index (Phi) is 3.09. The van der Waals surface area contributed by atoms with Crippen LogP contribution >= 0.6 is 15.9 Å². The van der Waals surface area contributed by atoms with Gasteiger partial charge in [0.25, 0.3) is 5.56 Å². The van der Waals surface area contributed by atoms with Crippen molar-refractivity contribution in [3.63, 3.8) is 0 Å². The van der Waals surface area contributed by atoms with E-state index < -0.39 is 0 Å². The second kappa shape index (κ2) is 4.35. The van der Waals surface area contributed by atoms with Crippen molar-refractivity contribution in [1.82, 2.24) is 9.78 Å². The van der Waals surface area contributed by atoms with E-state index in [4.69, 9.17) is 0 Å². The molecule has 1 N–H and O–H groups in total. The third-order valence-corrected chi connectivity index (χ3v) is 3.52. The third-order valence-electron chi connectivity index (χ3n) is 2.75. The summed E-state index contributed by atoms with van der Waals surface area (Å²) in [6, 6.07) is 0.514. The van der Waals surface area contributed by atoms with E-state index in [0.29, 0.717) is 17.1 Å². The molecule has 4 nitrogen and oxygen atoms in total. The molecule has 1 saturated carbocycles. The van der Waals surface area contributed by atoms with Crippen molar-refractivity contribution in [1.29, 1.82) is 0 Å². The molecule has 0 saturated heterocycles. The number of hydrogen-bond donors (Lipinski definition) is 1. The van der Waals surface area contributed by atoms with Crippen molar-refractivity contribution >= 4 is 21.6 Å². The minimum absolute atomic E-state index is 0.0678. The lowest BCUT2D eigenvalue weighted by atomic mass is 9.93. The van der Waals surface area contributed by atoms with E-state index in [-0.39, 0.29) is 5.56 Å². The zero-order chi connectivity index (χ0) is 10.8. The van der Waals surface area contributed by atoms with E-state index in [9.17, 15) is 4.79 Å². The van der Waals surface area contributed by atoms with Gasteiger partial charge in [-0.2, -0.15) is 5.10 Å². The summed E-state index contributed by atoms with van der Waals surface area (Å²) in [7, 11) is 0. The number of anilines is 1. The Balaban J connectivity index is 2.24. The number of hydrogen-bond acceptors (Lipinski definition) is 3. The van der Waals surface area contributed by atoms with Gasteiger partial charge in [0.05, 0.1) is 11.9 Å². The summed E-state index contributed by atoms with van der Waals surface area (Å²) in [6.07, 6.45) is 5.36. The van der Waals surface area contributed by atoms with Crippen LogP contribution in [0.25, 0.3) is 0 Å². The molecule has 15 heavy (non-hydrogen) atoms. The van der Waals surface area contributed by atoms with Crippen LogP contribution < -0.4 is 10.9 Å². The maximum atomic E-state index is 11.7. The first-order chi connectivity index (χ1) is 7.22. The van der Waals surface area contributed by atoms with Crippen molar-refractivity contribution < 1.29 is 0 Å². The normalized spacial score (nSPS) is 16.1. The molecule has 2 rings (SSSR count). The van der Waals surface area contributed by atoms with Crippen molar-refractivity contribution in [3.8, 4) is 0 Å². The molecule has 1 fully saturated rings. The SMILES string of the molecule is CCn1ncc(NC2CCC2)c(Br)c1=O. The van der Waals surface area contributed by atoms with Crippen molar-refractivity contribution in [3.05, 3.63) is 21.0 Å². The van der Waals surface area contributed by atoms with Gasteiger partial charge in [-0.05, 0) is 42.1 Å². The lowest BCUT2D eigenvalue weighted by Gasteiger charge is -2.27. The third kappa shape index (κ3) is 2.07. The summed E-state index contributed by atoms with van der Waals surface area (Å²) >= 11 is 3.32. The maximum absolute atomic E-state index is 11.7. The number of aromatic nitrogens is 2. The minimum atomic E-state index is -0.0678. The number of halogens is 1. The van der Waals surface area contributed by atoms with Gasteiger partial charge < -0.3 is 5.32 Å². The highest BCUT2D eigenvalue weighted by Gasteiger charge is 2.19. The lowest BCUT2D eigenvalue weighted by molar-refractivity contribution is 0.444. The predicted octanol–water partition coefficient (Wildman–Crippen LogP) is 1.99. The van der Waals surface area contributed by atoms with Gasteiger partial charge in [0.2, 0.25) is 0 Å². The smallest absolute Gasteiger partial charge is 0.283 e. The number of nitrogens with zero attached hydrogens (tertiary/aromatic N) is 2. The van der Waals surface area contributed by atoms with E-state index in [0.717, 1.165) is 5.69 Å². The van der Waals surface area contributed by atoms with E-state index in [1.165, 1.54) is 23.9 Å². The predicted molar refractivity (Wildman–Crippen MR) is 63.1 cm³/mol. The summed E-state index contributed by atoms with van der Waals surface area (Å²) in [4.78, 5) is 11.7. The fourth-order valence-corrected chi connectivity index (χ4v) is 1.98. The van der Waals surface area contributed by atoms with Gasteiger partial charge in [-0.25, -0.2) is 4.68 Å². The minimum Gasteiger partial charge on any atom is -0.380 e. The van der Waals surface area contributed by atoms with Crippen molar-refractivity contribution in [2.24, 2.45) is 0 Å². The molecule has 0 spiro atoms. The second-order valence-corrected chi connectivity index (χ2v) is 4.56. The van der Waals surface area contributed by atoms with Crippen LogP contribution in [0, 0.1) is 0 Å². The molecule has 0 amide bonds. The zero-order valence-electron chi connectivity index (χ0n) is 8.66. The first kappa shape index (κ1) is 10.7. The van der Waals surface area contributed by atoms with Gasteiger partial charge in [-0.3, -0.25) is 4.79 Å². The molecule has 0 aromatic carbocycles. The summed E-state index contributed by atoms with van der Waals surface area (Å²) in [5.41, 5.74) is 0.747. The monoisotopic (exact) mass is 271 g/mol. The standard InChI is InChI=1S/C10H14BrN3O/c1-2-14-10(15)9(11)8(6-12-14)13-7-4-3-5-7/h6-7,13H,2-5H2,1H3. The average Bonchev–Trinajstić information content (AvgIpc) is 2.18. The van der Waals surface area contributed by atoms with Gasteiger partial charge >= 0.3 is 0 Å². The van der Waals surface area contributed by atoms with Crippen molar-refractivity contribution in [2.45, 2.75) is 38.8 Å². The largest absolute Gasteiger partial charge is 0.380 e. The van der Waals surface area contributed by atoms with Gasteiger partial charge in [-0.15, -0.1) is 0 Å². The van der Waals surface area contributed by atoms with E-state index in [2.05, 4.69) is 26.3 Å². The average molecular weight is 272 g/mol. The Morgan fingerprint density at radius 3 is 2.93 bits per heavy atom. The molecule has 0 radical (unpaired) electrons. The number of aryl methyl sites for hydroxylation is 1. The molecule has 0 atom stereocenters. The quantitative estimate of drug-likeness (QED) is 0.915. The first-order valence-corrected chi connectivity index (χ1v) is 6.04. The van der Waals surface area contributed by atoms with Crippen LogP contribution in [0.1, 0.15) is 26.2 Å². The summed E-state index contributed by atoms with van der Waals surface area (Å²) in [5.74, 6) is 0. The second-order valence-electron chi connectivity index (χ2n) is 3.77. The molecular formula is C10H14BrN3O. The molecule has 5 heteroatoms. The molecule has 82 valence electrons. The van der Waals surface area contributed by atoms with Crippen LogP contribution in [-0.2, 0) is 6.54 Å². The van der Waals surface area contributed by atoms with Crippen LogP contribution in [-0.4, -0.2) is 15.8 Å². The highest BCUT2D eigenvalue weighted by molar-refractivity contribution is 9.10. The Hall–Kier alpha value is -0.840. The highest BCUT2D eigenvalue weighted by Crippen LogP contribution is 2.25. The summed E-state index contributed by atoms with van der Waals surface area (Å²) in [6.45, 7) is 2.50. The first-order valence-electron chi connectivity index (χ1n) is 5.24. The summed E-state index contributed by atoms with van der Waals surface area (Å²) < 4.78 is 2.03. The molecule has 1 aromatic rings. The Morgan fingerprint density at radius 1 is 1.67 bits per heavy atom. The van der Waals surface area contributed by atoms with Crippen LogP contribution in [0.3, 0.4) is 0 Å². The van der Waals surface area contributed by atoms with E-state index in [1.807, 2.05) is 6.92 Å². The molecule has 0 unspecified atom stereocenters.